The quantitative estimate of drug-likeness (QED) is 0.765. The lowest BCUT2D eigenvalue weighted by molar-refractivity contribution is -0.143. The molecule has 0 amide bonds. The van der Waals surface area contributed by atoms with Crippen molar-refractivity contribution in [2.24, 2.45) is 5.92 Å². The Hall–Kier alpha value is -2.24. The first kappa shape index (κ1) is 16.2. The number of rotatable bonds is 4. The molecule has 1 aliphatic heterocycles. The number of carbonyl (C=O) groups is 1. The van der Waals surface area contributed by atoms with Crippen LogP contribution in [0.15, 0.2) is 54.2 Å². The smallest absolute Gasteiger partial charge is 0.307 e. The third-order valence-corrected chi connectivity index (χ3v) is 5.95. The second-order valence-corrected chi connectivity index (χ2v) is 7.46. The molecule has 3 heterocycles. The van der Waals surface area contributed by atoms with Crippen LogP contribution in [0.2, 0.25) is 0 Å². The Labute approximate surface area is 150 Å². The van der Waals surface area contributed by atoms with Crippen LogP contribution in [0.3, 0.4) is 0 Å². The predicted molar refractivity (Wildman–Crippen MR) is 99.8 cm³/mol. The molecule has 1 aromatic carbocycles. The van der Waals surface area contributed by atoms with E-state index < -0.39 is 5.97 Å². The summed E-state index contributed by atoms with van der Waals surface area (Å²) in [6.07, 6.45) is 5.36. The highest BCUT2D eigenvalue weighted by atomic mass is 32.1. The highest BCUT2D eigenvalue weighted by Crippen LogP contribution is 2.38. The van der Waals surface area contributed by atoms with Gasteiger partial charge in [0.05, 0.1) is 12.0 Å². The summed E-state index contributed by atoms with van der Waals surface area (Å²) in [5.74, 6) is -0.984. The van der Waals surface area contributed by atoms with Crippen LogP contribution in [0.25, 0.3) is 10.1 Å². The van der Waals surface area contributed by atoms with E-state index >= 15 is 0 Å². The summed E-state index contributed by atoms with van der Waals surface area (Å²) in [4.78, 5) is 18.1. The van der Waals surface area contributed by atoms with Gasteiger partial charge in [-0.1, -0.05) is 24.3 Å². The Morgan fingerprint density at radius 2 is 2.16 bits per heavy atom. The van der Waals surface area contributed by atoms with Crippen molar-refractivity contribution in [3.63, 3.8) is 0 Å². The average molecular weight is 352 g/mol. The van der Waals surface area contributed by atoms with Gasteiger partial charge < -0.3 is 5.11 Å². The van der Waals surface area contributed by atoms with Crippen molar-refractivity contribution in [2.45, 2.75) is 18.9 Å². The van der Waals surface area contributed by atoms with Gasteiger partial charge in [-0.05, 0) is 53.4 Å². The van der Waals surface area contributed by atoms with Gasteiger partial charge in [-0.15, -0.1) is 11.3 Å². The summed E-state index contributed by atoms with van der Waals surface area (Å²) in [5.41, 5.74) is 2.37. The van der Waals surface area contributed by atoms with E-state index in [0.29, 0.717) is 6.54 Å². The summed E-state index contributed by atoms with van der Waals surface area (Å²) >= 11 is 1.74. The fourth-order valence-corrected chi connectivity index (χ4v) is 4.76. The number of fused-ring (bicyclic) bond motifs is 1. The van der Waals surface area contributed by atoms with E-state index in [1.54, 1.807) is 17.5 Å². The minimum atomic E-state index is -0.690. The molecule has 4 rings (SSSR count). The number of nitrogens with zero attached hydrogens (tertiary/aromatic N) is 2. The van der Waals surface area contributed by atoms with E-state index in [9.17, 15) is 9.90 Å². The fourth-order valence-electron chi connectivity index (χ4n) is 3.78. The SMILES string of the molecule is O=C(O)C1CCCN(C(c2cccnc2)c2csc3ccccc23)C1. The largest absolute Gasteiger partial charge is 0.481 e. The summed E-state index contributed by atoms with van der Waals surface area (Å²) < 4.78 is 1.26. The van der Waals surface area contributed by atoms with Gasteiger partial charge in [0.15, 0.2) is 0 Å². The van der Waals surface area contributed by atoms with Crippen molar-refractivity contribution in [1.82, 2.24) is 9.88 Å². The molecule has 4 nitrogen and oxygen atoms in total. The highest BCUT2D eigenvalue weighted by Gasteiger charge is 2.32. The number of carboxylic acid groups (broad SMARTS) is 1. The summed E-state index contributed by atoms with van der Waals surface area (Å²) in [6.45, 7) is 1.49. The van der Waals surface area contributed by atoms with E-state index in [1.165, 1.54) is 15.6 Å². The van der Waals surface area contributed by atoms with Gasteiger partial charge in [0.2, 0.25) is 0 Å². The van der Waals surface area contributed by atoms with Crippen LogP contribution in [-0.4, -0.2) is 34.0 Å². The molecule has 0 aliphatic carbocycles. The summed E-state index contributed by atoms with van der Waals surface area (Å²) in [7, 11) is 0. The molecule has 2 atom stereocenters. The lowest BCUT2D eigenvalue weighted by Crippen LogP contribution is -2.41. The summed E-state index contributed by atoms with van der Waals surface area (Å²) in [5, 5.41) is 12.9. The normalized spacial score (nSPS) is 19.8. The minimum absolute atomic E-state index is 0.0481. The Bertz CT molecular complexity index is 878. The standard InChI is InChI=1S/C20H20N2O2S/c23-20(24)15-6-4-10-22(12-15)19(14-5-3-9-21-11-14)17-13-25-18-8-2-1-7-16(17)18/h1-3,5,7-9,11,13,15,19H,4,6,10,12H2,(H,23,24). The van der Waals surface area contributed by atoms with Gasteiger partial charge in [-0.25, -0.2) is 0 Å². The van der Waals surface area contributed by atoms with E-state index in [1.807, 2.05) is 12.3 Å². The van der Waals surface area contributed by atoms with Gasteiger partial charge in [0.1, 0.15) is 0 Å². The zero-order valence-electron chi connectivity index (χ0n) is 13.8. The predicted octanol–water partition coefficient (Wildman–Crippen LogP) is 4.18. The number of hydrogen-bond donors (Lipinski definition) is 1. The number of aliphatic carboxylic acids is 1. The third kappa shape index (κ3) is 3.17. The molecular formula is C20H20N2O2S. The number of likely N-dealkylation sites (tertiary alicyclic amines) is 1. The van der Waals surface area contributed by atoms with Crippen LogP contribution in [0, 0.1) is 5.92 Å². The molecule has 25 heavy (non-hydrogen) atoms. The van der Waals surface area contributed by atoms with Gasteiger partial charge in [0, 0.05) is 23.6 Å². The maximum Gasteiger partial charge on any atom is 0.307 e. The molecular weight excluding hydrogens is 332 g/mol. The Morgan fingerprint density at radius 3 is 2.96 bits per heavy atom. The second-order valence-electron chi connectivity index (χ2n) is 6.55. The maximum absolute atomic E-state index is 11.5. The third-order valence-electron chi connectivity index (χ3n) is 4.97. The van der Waals surface area contributed by atoms with Crippen LogP contribution >= 0.6 is 11.3 Å². The first-order valence-corrected chi connectivity index (χ1v) is 9.45. The van der Waals surface area contributed by atoms with Gasteiger partial charge in [-0.3, -0.25) is 14.7 Å². The number of benzene rings is 1. The number of pyridine rings is 1. The van der Waals surface area contributed by atoms with E-state index in [0.717, 1.165) is 24.9 Å². The second kappa shape index (κ2) is 6.94. The molecule has 3 aromatic rings. The number of aromatic nitrogens is 1. The lowest BCUT2D eigenvalue weighted by atomic mass is 9.92. The van der Waals surface area contributed by atoms with Crippen molar-refractivity contribution >= 4 is 27.4 Å². The monoisotopic (exact) mass is 352 g/mol. The molecule has 1 saturated heterocycles. The van der Waals surface area contributed by atoms with Crippen molar-refractivity contribution < 1.29 is 9.90 Å². The fraction of sp³-hybridized carbons (Fsp3) is 0.300. The number of thiophene rings is 1. The molecule has 0 spiro atoms. The molecule has 1 aliphatic rings. The van der Waals surface area contributed by atoms with Gasteiger partial charge in [-0.2, -0.15) is 0 Å². The molecule has 0 bridgehead atoms. The first-order chi connectivity index (χ1) is 12.2. The molecule has 0 saturated carbocycles. The van der Waals surface area contributed by atoms with Crippen molar-refractivity contribution in [3.8, 4) is 0 Å². The van der Waals surface area contributed by atoms with Crippen molar-refractivity contribution in [1.29, 1.82) is 0 Å². The zero-order valence-corrected chi connectivity index (χ0v) is 14.7. The highest BCUT2D eigenvalue weighted by molar-refractivity contribution is 7.17. The molecule has 128 valence electrons. The Morgan fingerprint density at radius 1 is 1.28 bits per heavy atom. The van der Waals surface area contributed by atoms with Gasteiger partial charge in [0.25, 0.3) is 0 Å². The van der Waals surface area contributed by atoms with Crippen LogP contribution in [-0.2, 0) is 4.79 Å². The lowest BCUT2D eigenvalue weighted by Gasteiger charge is -2.37. The number of carboxylic acids is 1. The minimum Gasteiger partial charge on any atom is -0.481 e. The molecule has 2 aromatic heterocycles. The van der Waals surface area contributed by atoms with E-state index in [4.69, 9.17) is 0 Å². The van der Waals surface area contributed by atoms with Crippen LogP contribution in [0.1, 0.15) is 30.0 Å². The van der Waals surface area contributed by atoms with E-state index in [2.05, 4.69) is 45.6 Å². The zero-order chi connectivity index (χ0) is 17.2. The average Bonchev–Trinajstić information content (AvgIpc) is 3.07. The number of piperidine rings is 1. The molecule has 2 unspecified atom stereocenters. The topological polar surface area (TPSA) is 53.4 Å². The summed E-state index contributed by atoms with van der Waals surface area (Å²) in [6, 6.07) is 12.5. The Kier molecular flexibility index (Phi) is 4.51. The first-order valence-electron chi connectivity index (χ1n) is 8.57. The maximum atomic E-state index is 11.5. The molecule has 5 heteroatoms. The molecule has 1 fully saturated rings. The van der Waals surface area contributed by atoms with E-state index in [-0.39, 0.29) is 12.0 Å². The number of hydrogen-bond acceptors (Lipinski definition) is 4. The van der Waals surface area contributed by atoms with Crippen molar-refractivity contribution in [3.05, 3.63) is 65.3 Å². The van der Waals surface area contributed by atoms with Crippen molar-refractivity contribution in [2.75, 3.05) is 13.1 Å². The van der Waals surface area contributed by atoms with Crippen LogP contribution < -0.4 is 0 Å². The van der Waals surface area contributed by atoms with Crippen LogP contribution in [0.4, 0.5) is 0 Å². The van der Waals surface area contributed by atoms with Crippen LogP contribution in [0.5, 0.6) is 0 Å². The molecule has 0 radical (unpaired) electrons. The Balaban J connectivity index is 1.79. The molecule has 1 N–H and O–H groups in total. The van der Waals surface area contributed by atoms with Gasteiger partial charge >= 0.3 is 5.97 Å².